The highest BCUT2D eigenvalue weighted by Crippen LogP contribution is 2.23. The molecule has 0 radical (unpaired) electrons. The van der Waals surface area contributed by atoms with Gasteiger partial charge in [-0.05, 0) is 35.4 Å². The third-order valence-corrected chi connectivity index (χ3v) is 4.52. The van der Waals surface area contributed by atoms with E-state index >= 15 is 0 Å². The van der Waals surface area contributed by atoms with Crippen molar-refractivity contribution in [3.63, 3.8) is 0 Å². The number of halogens is 2. The molecular weight excluding hydrogens is 343 g/mol. The summed E-state index contributed by atoms with van der Waals surface area (Å²) in [6, 6.07) is 14.5. The van der Waals surface area contributed by atoms with E-state index in [2.05, 4.69) is 0 Å². The van der Waals surface area contributed by atoms with Crippen LogP contribution in [0.15, 0.2) is 48.5 Å². The number of nitrogens with two attached hydrogens (primary N) is 1. The lowest BCUT2D eigenvalue weighted by molar-refractivity contribution is -0.122. The molecule has 2 atom stereocenters. The third kappa shape index (κ3) is 4.71. The van der Waals surface area contributed by atoms with Crippen LogP contribution in [0.4, 0.5) is 4.39 Å². The molecule has 1 saturated heterocycles. The molecular formula is C19H20ClFN2O2. The summed E-state index contributed by atoms with van der Waals surface area (Å²) in [7, 11) is 0. The number of amides is 1. The van der Waals surface area contributed by atoms with Gasteiger partial charge in [-0.2, -0.15) is 0 Å². The molecule has 25 heavy (non-hydrogen) atoms. The van der Waals surface area contributed by atoms with Crippen molar-refractivity contribution in [3.05, 3.63) is 64.7 Å². The van der Waals surface area contributed by atoms with E-state index in [0.29, 0.717) is 18.2 Å². The summed E-state index contributed by atoms with van der Waals surface area (Å²) in [5.74, 6) is 0.265. The molecule has 0 spiro atoms. The number of nitrogens with zero attached hydrogens (tertiary/aromatic N) is 1. The van der Waals surface area contributed by atoms with Crippen LogP contribution in [0, 0.1) is 0 Å². The summed E-state index contributed by atoms with van der Waals surface area (Å²) in [4.78, 5) is 13.2. The zero-order valence-electron chi connectivity index (χ0n) is 13.7. The van der Waals surface area contributed by atoms with E-state index < -0.39 is 18.1 Å². The van der Waals surface area contributed by atoms with Gasteiger partial charge >= 0.3 is 0 Å². The molecule has 1 aliphatic rings. The molecule has 1 fully saturated rings. The Morgan fingerprint density at radius 3 is 2.68 bits per heavy atom. The lowest BCUT2D eigenvalue weighted by Crippen LogP contribution is -2.39. The Kier molecular flexibility index (Phi) is 5.56. The highest BCUT2D eigenvalue weighted by atomic mass is 35.5. The molecule has 132 valence electrons. The molecule has 2 N–H and O–H groups in total. The molecule has 0 bridgehead atoms. The van der Waals surface area contributed by atoms with E-state index in [-0.39, 0.29) is 13.0 Å². The molecule has 1 heterocycles. The minimum absolute atomic E-state index is 0.177. The first-order chi connectivity index (χ1) is 12.0. The van der Waals surface area contributed by atoms with E-state index in [1.807, 2.05) is 48.5 Å². The first-order valence-corrected chi connectivity index (χ1v) is 8.52. The summed E-state index contributed by atoms with van der Waals surface area (Å²) < 4.78 is 19.3. The van der Waals surface area contributed by atoms with Crippen LogP contribution in [0.3, 0.4) is 0 Å². The predicted octanol–water partition coefficient (Wildman–Crippen LogP) is 3.32. The van der Waals surface area contributed by atoms with Crippen LogP contribution in [-0.4, -0.2) is 29.6 Å². The molecule has 0 saturated carbocycles. The van der Waals surface area contributed by atoms with Crippen molar-refractivity contribution >= 4 is 17.5 Å². The van der Waals surface area contributed by atoms with Gasteiger partial charge in [-0.25, -0.2) is 4.39 Å². The van der Waals surface area contributed by atoms with E-state index in [4.69, 9.17) is 22.1 Å². The molecule has 0 aliphatic carbocycles. The summed E-state index contributed by atoms with van der Waals surface area (Å²) in [5, 5.41) is 0.678. The van der Waals surface area contributed by atoms with Gasteiger partial charge in [0, 0.05) is 24.5 Å². The van der Waals surface area contributed by atoms with Crippen molar-refractivity contribution in [2.75, 3.05) is 6.54 Å². The molecule has 3 rings (SSSR count). The van der Waals surface area contributed by atoms with Crippen LogP contribution in [0.2, 0.25) is 5.02 Å². The summed E-state index contributed by atoms with van der Waals surface area (Å²) in [6.45, 7) is 1.16. The zero-order chi connectivity index (χ0) is 17.8. The predicted molar refractivity (Wildman–Crippen MR) is 95.1 cm³/mol. The number of rotatable bonds is 6. The van der Waals surface area contributed by atoms with Crippen molar-refractivity contribution in [1.29, 1.82) is 0 Å². The minimum atomic E-state index is -1.00. The fraction of sp³-hybridized carbons (Fsp3) is 0.316. The first-order valence-electron chi connectivity index (χ1n) is 8.15. The number of alkyl halides is 1. The Hall–Kier alpha value is -2.11. The van der Waals surface area contributed by atoms with Crippen LogP contribution in [0.1, 0.15) is 17.5 Å². The van der Waals surface area contributed by atoms with Crippen molar-refractivity contribution < 1.29 is 13.9 Å². The van der Waals surface area contributed by atoms with Crippen molar-refractivity contribution in [1.82, 2.24) is 4.90 Å². The van der Waals surface area contributed by atoms with Gasteiger partial charge in [-0.3, -0.25) is 9.69 Å². The SMILES string of the molecule is NC(=O)C1CC(F)CN1Cc1ccc(OCc2cccc(Cl)c2)cc1. The van der Waals surface area contributed by atoms with Gasteiger partial charge in [0.2, 0.25) is 5.91 Å². The first kappa shape index (κ1) is 17.7. The summed E-state index contributed by atoms with van der Waals surface area (Å²) in [6.07, 6.45) is -0.825. The standard InChI is InChI=1S/C19H20ClFN2O2/c20-15-3-1-2-14(8-15)12-25-17-6-4-13(5-7-17)10-23-11-16(21)9-18(23)19(22)24/h1-8,16,18H,9-12H2,(H2,22,24). The third-order valence-electron chi connectivity index (χ3n) is 4.28. The molecule has 4 nitrogen and oxygen atoms in total. The van der Waals surface area contributed by atoms with Crippen LogP contribution >= 0.6 is 11.6 Å². The average Bonchev–Trinajstić information content (AvgIpc) is 2.95. The molecule has 1 aliphatic heterocycles. The fourth-order valence-electron chi connectivity index (χ4n) is 3.04. The van der Waals surface area contributed by atoms with Crippen molar-refractivity contribution in [3.8, 4) is 5.75 Å². The lowest BCUT2D eigenvalue weighted by atomic mass is 10.1. The van der Waals surface area contributed by atoms with E-state index in [1.54, 1.807) is 4.90 Å². The molecule has 6 heteroatoms. The second kappa shape index (κ2) is 7.85. The summed E-state index contributed by atoms with van der Waals surface area (Å²) in [5.41, 5.74) is 7.33. The van der Waals surface area contributed by atoms with E-state index in [0.717, 1.165) is 16.9 Å². The topological polar surface area (TPSA) is 55.6 Å². The average molecular weight is 363 g/mol. The zero-order valence-corrected chi connectivity index (χ0v) is 14.5. The molecule has 2 aromatic rings. The molecule has 0 aromatic heterocycles. The second-order valence-electron chi connectivity index (χ2n) is 6.24. The number of benzene rings is 2. The number of hydrogen-bond donors (Lipinski definition) is 1. The van der Waals surface area contributed by atoms with Crippen LogP contribution in [-0.2, 0) is 17.9 Å². The van der Waals surface area contributed by atoms with E-state index in [9.17, 15) is 9.18 Å². The molecule has 1 amide bonds. The lowest BCUT2D eigenvalue weighted by Gasteiger charge is -2.21. The van der Waals surface area contributed by atoms with Gasteiger partial charge < -0.3 is 10.5 Å². The Morgan fingerprint density at radius 1 is 1.24 bits per heavy atom. The molecule has 2 aromatic carbocycles. The van der Waals surface area contributed by atoms with Crippen LogP contribution in [0.5, 0.6) is 5.75 Å². The Balaban J connectivity index is 1.58. The number of ether oxygens (including phenoxy) is 1. The number of hydrogen-bond acceptors (Lipinski definition) is 3. The van der Waals surface area contributed by atoms with Gasteiger partial charge in [0.25, 0.3) is 0 Å². The van der Waals surface area contributed by atoms with Gasteiger partial charge in [0.15, 0.2) is 0 Å². The van der Waals surface area contributed by atoms with Crippen LogP contribution in [0.25, 0.3) is 0 Å². The van der Waals surface area contributed by atoms with Gasteiger partial charge in [-0.1, -0.05) is 35.9 Å². The number of likely N-dealkylation sites (tertiary alicyclic amines) is 1. The number of carbonyl (C=O) groups is 1. The van der Waals surface area contributed by atoms with Crippen molar-refractivity contribution in [2.45, 2.75) is 31.8 Å². The largest absolute Gasteiger partial charge is 0.489 e. The van der Waals surface area contributed by atoms with Gasteiger partial charge in [-0.15, -0.1) is 0 Å². The monoisotopic (exact) mass is 362 g/mol. The second-order valence-corrected chi connectivity index (χ2v) is 6.68. The minimum Gasteiger partial charge on any atom is -0.489 e. The number of carbonyl (C=O) groups excluding carboxylic acids is 1. The maximum atomic E-state index is 13.6. The molecule has 2 unspecified atom stereocenters. The smallest absolute Gasteiger partial charge is 0.234 e. The number of primary amides is 1. The normalized spacial score (nSPS) is 20.6. The van der Waals surface area contributed by atoms with Gasteiger partial charge in [0.05, 0.1) is 6.04 Å². The Morgan fingerprint density at radius 2 is 2.00 bits per heavy atom. The Labute approximate surface area is 151 Å². The maximum Gasteiger partial charge on any atom is 0.234 e. The van der Waals surface area contributed by atoms with Crippen molar-refractivity contribution in [2.24, 2.45) is 5.73 Å². The maximum absolute atomic E-state index is 13.6. The fourth-order valence-corrected chi connectivity index (χ4v) is 3.25. The highest BCUT2D eigenvalue weighted by Gasteiger charge is 2.35. The Bertz CT molecular complexity index is 738. The quantitative estimate of drug-likeness (QED) is 0.857. The van der Waals surface area contributed by atoms with E-state index in [1.165, 1.54) is 0 Å². The highest BCUT2D eigenvalue weighted by molar-refractivity contribution is 6.30. The van der Waals surface area contributed by atoms with Crippen LogP contribution < -0.4 is 10.5 Å². The summed E-state index contributed by atoms with van der Waals surface area (Å²) >= 11 is 5.95. The van der Waals surface area contributed by atoms with Gasteiger partial charge in [0.1, 0.15) is 18.5 Å².